The van der Waals surface area contributed by atoms with Crippen molar-refractivity contribution < 1.29 is 23.5 Å². The van der Waals surface area contributed by atoms with E-state index in [1.165, 1.54) is 6.20 Å². The van der Waals surface area contributed by atoms with E-state index in [0.29, 0.717) is 30.7 Å². The summed E-state index contributed by atoms with van der Waals surface area (Å²) in [5.41, 5.74) is -0.123. The summed E-state index contributed by atoms with van der Waals surface area (Å²) in [4.78, 5) is 40.8. The number of likely N-dealkylation sites (tertiary alicyclic amines) is 1. The number of hydrogen-bond acceptors (Lipinski definition) is 8. The summed E-state index contributed by atoms with van der Waals surface area (Å²) in [6, 6.07) is 4.47. The van der Waals surface area contributed by atoms with Crippen molar-refractivity contribution >= 4 is 29.1 Å². The zero-order chi connectivity index (χ0) is 23.0. The highest BCUT2D eigenvalue weighted by atomic mass is 35.5. The van der Waals surface area contributed by atoms with E-state index in [0.717, 1.165) is 19.3 Å². The summed E-state index contributed by atoms with van der Waals surface area (Å²) in [6.45, 7) is 0.301. The number of ketones is 2. The van der Waals surface area contributed by atoms with E-state index < -0.39 is 17.5 Å². The van der Waals surface area contributed by atoms with E-state index in [1.54, 1.807) is 24.4 Å². The van der Waals surface area contributed by atoms with Crippen molar-refractivity contribution in [2.45, 2.75) is 55.2 Å². The number of rotatable bonds is 6. The standard InChI is InChI=1S/C23H25ClN4O5/c24-15-12-28(20-16(29)13-32-21(15)20)23(7-2-1-3-8-23)19(30)11-25-22(31)18-5-4-17(33-18)14-6-9-26-27-10-14/h4-6,9-10,15,20-21H,1-3,7-8,11-13H2,(H,25,31)/t15-,20+,21+/m0/s1. The molecular formula is C23H25ClN4O5. The van der Waals surface area contributed by atoms with Crippen LogP contribution in [-0.4, -0.2) is 75.3 Å². The van der Waals surface area contributed by atoms with Gasteiger partial charge in [0.15, 0.2) is 17.3 Å². The summed E-state index contributed by atoms with van der Waals surface area (Å²) in [6.07, 6.45) is 6.78. The lowest BCUT2D eigenvalue weighted by molar-refractivity contribution is -0.136. The van der Waals surface area contributed by atoms with Crippen LogP contribution in [-0.2, 0) is 14.3 Å². The predicted molar refractivity (Wildman–Crippen MR) is 118 cm³/mol. The molecule has 3 atom stereocenters. The molecule has 2 aliphatic heterocycles. The summed E-state index contributed by atoms with van der Waals surface area (Å²) in [7, 11) is 0. The first kappa shape index (κ1) is 22.2. The zero-order valence-electron chi connectivity index (χ0n) is 18.0. The molecule has 0 aromatic carbocycles. The summed E-state index contributed by atoms with van der Waals surface area (Å²) < 4.78 is 11.3. The van der Waals surface area contributed by atoms with Gasteiger partial charge in [-0.1, -0.05) is 19.3 Å². The zero-order valence-corrected chi connectivity index (χ0v) is 18.8. The molecule has 5 rings (SSSR count). The molecule has 3 fully saturated rings. The first-order valence-corrected chi connectivity index (χ1v) is 11.7. The molecule has 0 spiro atoms. The van der Waals surface area contributed by atoms with Gasteiger partial charge in [-0.3, -0.25) is 19.3 Å². The van der Waals surface area contributed by atoms with Crippen LogP contribution >= 0.6 is 11.6 Å². The molecule has 33 heavy (non-hydrogen) atoms. The number of carbonyl (C=O) groups is 3. The maximum Gasteiger partial charge on any atom is 0.287 e. The van der Waals surface area contributed by atoms with Gasteiger partial charge in [-0.2, -0.15) is 10.2 Å². The maximum atomic E-state index is 13.6. The fourth-order valence-electron chi connectivity index (χ4n) is 5.36. The monoisotopic (exact) mass is 472 g/mol. The average molecular weight is 473 g/mol. The lowest BCUT2D eigenvalue weighted by Gasteiger charge is -2.45. The smallest absolute Gasteiger partial charge is 0.287 e. The van der Waals surface area contributed by atoms with Crippen molar-refractivity contribution in [1.82, 2.24) is 20.4 Å². The molecule has 1 saturated carbocycles. The van der Waals surface area contributed by atoms with Crippen molar-refractivity contribution in [3.8, 4) is 11.3 Å². The summed E-state index contributed by atoms with van der Waals surface area (Å²) in [5.74, 6) is -0.0178. The molecule has 2 aromatic rings. The van der Waals surface area contributed by atoms with E-state index in [1.807, 2.05) is 4.90 Å². The molecule has 0 unspecified atom stereocenters. The number of nitrogens with one attached hydrogen (secondary N) is 1. The number of amides is 1. The topological polar surface area (TPSA) is 115 Å². The van der Waals surface area contributed by atoms with Gasteiger partial charge < -0.3 is 14.5 Å². The fourth-order valence-corrected chi connectivity index (χ4v) is 5.72. The largest absolute Gasteiger partial charge is 0.451 e. The van der Waals surface area contributed by atoms with E-state index >= 15 is 0 Å². The van der Waals surface area contributed by atoms with E-state index in [9.17, 15) is 14.4 Å². The maximum absolute atomic E-state index is 13.6. The summed E-state index contributed by atoms with van der Waals surface area (Å²) in [5, 5.41) is 9.89. The number of alkyl halides is 1. The molecule has 1 aliphatic carbocycles. The Morgan fingerprint density at radius 3 is 2.76 bits per heavy atom. The Balaban J connectivity index is 1.30. The van der Waals surface area contributed by atoms with Crippen LogP contribution in [0.5, 0.6) is 0 Å². The third-order valence-corrected chi connectivity index (χ3v) is 7.37. The van der Waals surface area contributed by atoms with Crippen LogP contribution in [0, 0.1) is 0 Å². The molecule has 0 bridgehead atoms. The fraction of sp³-hybridized carbons (Fsp3) is 0.522. The molecule has 9 nitrogen and oxygen atoms in total. The molecule has 3 aliphatic rings. The van der Waals surface area contributed by atoms with Gasteiger partial charge >= 0.3 is 0 Å². The van der Waals surface area contributed by atoms with Crippen molar-refractivity contribution in [1.29, 1.82) is 0 Å². The molecule has 1 N–H and O–H groups in total. The molecule has 0 radical (unpaired) electrons. The molecule has 2 saturated heterocycles. The van der Waals surface area contributed by atoms with Gasteiger partial charge in [-0.25, -0.2) is 0 Å². The highest BCUT2D eigenvalue weighted by molar-refractivity contribution is 6.22. The molecule has 2 aromatic heterocycles. The van der Waals surface area contributed by atoms with Crippen molar-refractivity contribution in [2.75, 3.05) is 19.7 Å². The van der Waals surface area contributed by atoms with Gasteiger partial charge in [0.2, 0.25) is 0 Å². The number of carbonyl (C=O) groups excluding carboxylic acids is 3. The number of hydrogen-bond donors (Lipinski definition) is 1. The van der Waals surface area contributed by atoms with Gasteiger partial charge in [-0.15, -0.1) is 11.6 Å². The van der Waals surface area contributed by atoms with Gasteiger partial charge in [0.05, 0.1) is 36.0 Å². The second-order valence-electron chi connectivity index (χ2n) is 8.85. The van der Waals surface area contributed by atoms with Crippen LogP contribution < -0.4 is 5.32 Å². The number of aromatic nitrogens is 2. The quantitative estimate of drug-likeness (QED) is 0.635. The Bertz CT molecular complexity index is 1050. The average Bonchev–Trinajstić information content (AvgIpc) is 3.56. The minimum Gasteiger partial charge on any atom is -0.451 e. The Labute approximate surface area is 195 Å². The number of nitrogens with zero attached hydrogens (tertiary/aromatic N) is 3. The van der Waals surface area contributed by atoms with E-state index in [2.05, 4.69) is 15.5 Å². The van der Waals surface area contributed by atoms with Crippen LogP contribution in [0.15, 0.2) is 35.0 Å². The number of ether oxygens (including phenoxy) is 1. The number of Topliss-reactive ketones (excluding diaryl/α,β-unsaturated/α-hetero) is 2. The molecule has 174 valence electrons. The Morgan fingerprint density at radius 1 is 1.18 bits per heavy atom. The highest BCUT2D eigenvalue weighted by Crippen LogP contribution is 2.42. The van der Waals surface area contributed by atoms with Crippen LogP contribution in [0.1, 0.15) is 42.7 Å². The minimum atomic E-state index is -0.821. The first-order chi connectivity index (χ1) is 16.0. The molecule has 1 amide bonds. The molecular weight excluding hydrogens is 448 g/mol. The third-order valence-electron chi connectivity index (χ3n) is 6.98. The lowest BCUT2D eigenvalue weighted by Crippen LogP contribution is -2.61. The number of halogens is 1. The first-order valence-electron chi connectivity index (χ1n) is 11.2. The minimum absolute atomic E-state index is 0.0290. The third kappa shape index (κ3) is 3.98. The van der Waals surface area contributed by atoms with Gasteiger partial charge in [0, 0.05) is 12.1 Å². The SMILES string of the molecule is O=C(NCC(=O)C1(N2C[C@H](Cl)[C@H]3OCC(=O)[C@H]32)CCCCC1)c1ccc(-c2ccnnc2)o1. The van der Waals surface area contributed by atoms with Crippen LogP contribution in [0.25, 0.3) is 11.3 Å². The Morgan fingerprint density at radius 2 is 2.00 bits per heavy atom. The molecule has 10 heteroatoms. The van der Waals surface area contributed by atoms with Gasteiger partial charge in [0.25, 0.3) is 5.91 Å². The predicted octanol–water partition coefficient (Wildman–Crippen LogP) is 2.00. The Kier molecular flexibility index (Phi) is 6.03. The van der Waals surface area contributed by atoms with Crippen molar-refractivity contribution in [3.05, 3.63) is 36.4 Å². The highest BCUT2D eigenvalue weighted by Gasteiger charge is 2.58. The Hall–Kier alpha value is -2.62. The van der Waals surface area contributed by atoms with Crippen molar-refractivity contribution in [3.63, 3.8) is 0 Å². The lowest BCUT2D eigenvalue weighted by atomic mass is 9.76. The second kappa shape index (κ2) is 8.96. The summed E-state index contributed by atoms with van der Waals surface area (Å²) >= 11 is 6.50. The van der Waals surface area contributed by atoms with Crippen LogP contribution in [0.2, 0.25) is 0 Å². The number of fused-ring (bicyclic) bond motifs is 1. The number of furan rings is 1. The van der Waals surface area contributed by atoms with E-state index in [4.69, 9.17) is 20.8 Å². The normalized spacial score (nSPS) is 26.8. The molecule has 4 heterocycles. The van der Waals surface area contributed by atoms with E-state index in [-0.39, 0.29) is 42.0 Å². The van der Waals surface area contributed by atoms with Crippen molar-refractivity contribution in [2.24, 2.45) is 0 Å². The van der Waals surface area contributed by atoms with Gasteiger partial charge in [0.1, 0.15) is 18.4 Å². The van der Waals surface area contributed by atoms with Gasteiger partial charge in [-0.05, 0) is 31.0 Å². The van der Waals surface area contributed by atoms with Crippen LogP contribution in [0.4, 0.5) is 0 Å². The second-order valence-corrected chi connectivity index (χ2v) is 9.41. The van der Waals surface area contributed by atoms with Crippen LogP contribution in [0.3, 0.4) is 0 Å².